The van der Waals surface area contributed by atoms with E-state index in [1.54, 1.807) is 34.6 Å². The van der Waals surface area contributed by atoms with Gasteiger partial charge < -0.3 is 66.4 Å². The summed E-state index contributed by atoms with van der Waals surface area (Å²) in [4.78, 5) is 172. The summed E-state index contributed by atoms with van der Waals surface area (Å²) in [7, 11) is 10.1. The van der Waals surface area contributed by atoms with Crippen molar-refractivity contribution in [3.05, 3.63) is 12.2 Å². The summed E-state index contributed by atoms with van der Waals surface area (Å²) < 4.78 is 0. The summed E-state index contributed by atoms with van der Waals surface area (Å²) in [5.41, 5.74) is 4.45. The lowest BCUT2D eigenvalue weighted by Crippen LogP contribution is -2.62. The normalized spacial score (nSPS) is 26.7. The van der Waals surface area contributed by atoms with E-state index < -0.39 is 149 Å². The summed E-state index contributed by atoms with van der Waals surface area (Å²) in [5.74, 6) is -8.76. The Kier molecular flexibility index (Phi) is 34.0. The summed E-state index contributed by atoms with van der Waals surface area (Å²) in [6.45, 7) is 29.8. The average molecular weight is 1270 g/mol. The van der Waals surface area contributed by atoms with Crippen molar-refractivity contribution in [3.8, 4) is 0 Å². The second kappa shape index (κ2) is 37.4. The molecule has 90 heavy (non-hydrogen) atoms. The van der Waals surface area contributed by atoms with Crippen molar-refractivity contribution in [3.63, 3.8) is 0 Å². The first-order valence-corrected chi connectivity index (χ1v) is 32.7. The van der Waals surface area contributed by atoms with Gasteiger partial charge in [0.15, 0.2) is 0 Å². The molecule has 0 aromatic rings. The van der Waals surface area contributed by atoms with Crippen LogP contribution in [-0.4, -0.2) is 232 Å². The fraction of sp³-hybridized carbons (Fsp3) is 0.803. The van der Waals surface area contributed by atoms with E-state index in [9.17, 15) is 33.9 Å². The lowest BCUT2D eigenvalue weighted by atomic mass is 9.93. The molecule has 7 N–H and O–H groups in total. The third-order valence-electron chi connectivity index (χ3n) is 17.2. The van der Waals surface area contributed by atoms with Crippen LogP contribution in [0.2, 0.25) is 0 Å². The molecule has 1 heterocycles. The first-order valence-electron chi connectivity index (χ1n) is 32.7. The van der Waals surface area contributed by atoms with Gasteiger partial charge in [-0.1, -0.05) is 95.2 Å². The summed E-state index contributed by atoms with van der Waals surface area (Å²) in [6, 6.07) is -13.5. The van der Waals surface area contributed by atoms with Crippen LogP contribution in [0.1, 0.15) is 182 Å². The van der Waals surface area contributed by atoms with Gasteiger partial charge in [0, 0.05) is 55.8 Å². The highest BCUT2D eigenvalue weighted by molar-refractivity contribution is 6.00. The zero-order valence-corrected chi connectivity index (χ0v) is 59.4. The minimum absolute atomic E-state index is 0.0288. The third-order valence-corrected chi connectivity index (χ3v) is 17.2. The minimum Gasteiger partial charge on any atom is -0.390 e. The Bertz CT molecular complexity index is 2450. The Morgan fingerprint density at radius 2 is 0.933 bits per heavy atom. The quantitative estimate of drug-likeness (QED) is 0.100. The highest BCUT2D eigenvalue weighted by Gasteiger charge is 2.45. The lowest BCUT2D eigenvalue weighted by molar-refractivity contribution is -0.156. The number of nitrogens with two attached hydrogens (primary N) is 1. The van der Waals surface area contributed by atoms with Gasteiger partial charge in [0.05, 0.1) is 5.60 Å². The van der Waals surface area contributed by atoms with E-state index in [-0.39, 0.29) is 81.6 Å². The number of carbonyl (C=O) groups is 11. The molecule has 0 bridgehead atoms. The zero-order valence-electron chi connectivity index (χ0n) is 59.4. The predicted molar refractivity (Wildman–Crippen MR) is 350 cm³/mol. The number of likely N-dealkylation sites (N-methyl/N-ethyl adjacent to an activating group) is 7. The van der Waals surface area contributed by atoms with Gasteiger partial charge in [-0.15, -0.1) is 0 Å². The standard InChI is InChI=1S/C66H120N12O12/c1-25-27-29-43(13)36-49-57(81)70-46(26-2)60(84)73(19)48(30-28-33-67)61(85)77(23)52(37-66(16,17)90)58(82)71-53(41(9)10)64(88)72(18)47(32-31-38(3)4)56(80)68-44(14)55(79)69-45(15)59(83)75(21)50(34-39(5)6)62(86)76(22)51(35-40(7)8)63(87)78(24)54(42(11)12)65(89)74(49)20/h25,27,38-54,90H,26,28-37,67H2,1-24H3,(H,68,80)(H,69,79)(H,70,81)(H,71,82)/b27-25+/t43-,44-,45+,46+,47-,48-,49+,50+,51+,52+,53-,54+/m1/s1. The van der Waals surface area contributed by atoms with E-state index in [1.165, 1.54) is 106 Å². The minimum atomic E-state index is -1.56. The number of carbonyl (C=O) groups excluding carboxylic acids is 11. The van der Waals surface area contributed by atoms with Gasteiger partial charge in [-0.25, -0.2) is 0 Å². The smallest absolute Gasteiger partial charge is 0.246 e. The molecule has 1 saturated heterocycles. The number of allylic oxidation sites excluding steroid dienone is 2. The van der Waals surface area contributed by atoms with Crippen molar-refractivity contribution in [2.75, 3.05) is 55.9 Å². The molecule has 1 aliphatic rings. The molecule has 0 aromatic carbocycles. The van der Waals surface area contributed by atoms with Gasteiger partial charge in [-0.05, 0) is 134 Å². The molecule has 0 aromatic heterocycles. The van der Waals surface area contributed by atoms with Crippen LogP contribution in [0.5, 0.6) is 0 Å². The molecule has 1 fully saturated rings. The highest BCUT2D eigenvalue weighted by atomic mass is 16.3. The molecule has 0 saturated carbocycles. The van der Waals surface area contributed by atoms with Crippen molar-refractivity contribution >= 4 is 65.0 Å². The lowest BCUT2D eigenvalue weighted by Gasteiger charge is -2.41. The maximum atomic E-state index is 15.2. The van der Waals surface area contributed by atoms with E-state index in [0.29, 0.717) is 12.8 Å². The van der Waals surface area contributed by atoms with Crippen LogP contribution in [-0.2, 0) is 52.7 Å². The molecule has 0 spiro atoms. The van der Waals surface area contributed by atoms with Gasteiger partial charge in [0.1, 0.15) is 66.5 Å². The Balaban J connectivity index is 4.47. The van der Waals surface area contributed by atoms with Crippen molar-refractivity contribution in [1.82, 2.24) is 55.6 Å². The number of rotatable bonds is 19. The second-order valence-electron chi connectivity index (χ2n) is 27.9. The molecule has 516 valence electrons. The third kappa shape index (κ3) is 23.8. The average Bonchev–Trinajstić information content (AvgIpc) is 2.86. The Hall–Kier alpha value is -6.17. The fourth-order valence-electron chi connectivity index (χ4n) is 11.5. The number of nitrogens with one attached hydrogen (secondary N) is 4. The van der Waals surface area contributed by atoms with E-state index in [2.05, 4.69) is 21.3 Å². The van der Waals surface area contributed by atoms with Crippen molar-refractivity contribution < 1.29 is 57.8 Å². The van der Waals surface area contributed by atoms with Crippen molar-refractivity contribution in [1.29, 1.82) is 0 Å². The monoisotopic (exact) mass is 1270 g/mol. The predicted octanol–water partition coefficient (Wildman–Crippen LogP) is 3.91. The molecule has 0 unspecified atom stereocenters. The van der Waals surface area contributed by atoms with Crippen LogP contribution in [0.25, 0.3) is 0 Å². The molecule has 0 radical (unpaired) electrons. The SMILES string of the molecule is C/C=C/C[C@@H](C)C[C@H]1C(=O)N[C@@H](CC)C(=O)N(C)[C@H](CCCN)C(=O)N(C)[C@@H](CC(C)(C)O)C(=O)N[C@H](C(C)C)C(=O)N(C)[C@H](CCC(C)C)C(=O)N[C@H](C)C(=O)N[C@@H](C)C(=O)N(C)[C@@H](CC(C)C)C(=O)N(C)[C@@H](CC(C)C)C(=O)N(C)[C@@H](C(C)C)C(=O)N1C. The Labute approximate surface area is 539 Å². The van der Waals surface area contributed by atoms with Crippen LogP contribution in [0, 0.1) is 35.5 Å². The van der Waals surface area contributed by atoms with E-state index >= 15 is 24.0 Å². The number of hydrogen-bond acceptors (Lipinski definition) is 13. The Morgan fingerprint density at radius 3 is 1.40 bits per heavy atom. The van der Waals surface area contributed by atoms with Crippen LogP contribution < -0.4 is 27.0 Å². The second-order valence-corrected chi connectivity index (χ2v) is 27.9. The molecule has 11 amide bonds. The van der Waals surface area contributed by atoms with Gasteiger partial charge in [-0.3, -0.25) is 52.7 Å². The molecular weight excluding hydrogens is 1150 g/mol. The Morgan fingerprint density at radius 1 is 0.489 bits per heavy atom. The van der Waals surface area contributed by atoms with Crippen LogP contribution in [0.4, 0.5) is 0 Å². The largest absolute Gasteiger partial charge is 0.390 e. The highest BCUT2D eigenvalue weighted by Crippen LogP contribution is 2.26. The van der Waals surface area contributed by atoms with E-state index in [0.717, 1.165) is 4.90 Å². The molecule has 1 aliphatic heterocycles. The van der Waals surface area contributed by atoms with Gasteiger partial charge >= 0.3 is 0 Å². The molecule has 24 nitrogen and oxygen atoms in total. The van der Waals surface area contributed by atoms with E-state index in [1.807, 2.05) is 67.5 Å². The maximum absolute atomic E-state index is 15.2. The van der Waals surface area contributed by atoms with Crippen molar-refractivity contribution in [2.24, 2.45) is 41.2 Å². The fourth-order valence-corrected chi connectivity index (χ4v) is 11.5. The van der Waals surface area contributed by atoms with Crippen LogP contribution in [0.3, 0.4) is 0 Å². The van der Waals surface area contributed by atoms with Crippen molar-refractivity contribution in [2.45, 2.75) is 254 Å². The molecule has 0 aliphatic carbocycles. The molecule has 24 heteroatoms. The van der Waals surface area contributed by atoms with E-state index in [4.69, 9.17) is 5.73 Å². The van der Waals surface area contributed by atoms with Gasteiger partial charge in [-0.2, -0.15) is 0 Å². The molecular formula is C66H120N12O12. The number of hydrogen-bond donors (Lipinski definition) is 6. The summed E-state index contributed by atoms with van der Waals surface area (Å²) in [5, 5.41) is 22.4. The molecule has 1 rings (SSSR count). The number of aliphatic hydroxyl groups is 1. The zero-order chi connectivity index (χ0) is 69.7. The number of nitrogens with zero attached hydrogens (tertiary/aromatic N) is 7. The van der Waals surface area contributed by atoms with Crippen LogP contribution in [0.15, 0.2) is 12.2 Å². The topological polar surface area (TPSA) is 305 Å². The van der Waals surface area contributed by atoms with Crippen LogP contribution >= 0.6 is 0 Å². The maximum Gasteiger partial charge on any atom is 0.246 e. The first kappa shape index (κ1) is 81.8. The van der Waals surface area contributed by atoms with Gasteiger partial charge in [0.25, 0.3) is 0 Å². The number of amides is 11. The summed E-state index contributed by atoms with van der Waals surface area (Å²) in [6.07, 6.45) is 5.49. The first-order chi connectivity index (χ1) is 41.5. The molecule has 12 atom stereocenters. The van der Waals surface area contributed by atoms with Gasteiger partial charge in [0.2, 0.25) is 65.0 Å². The summed E-state index contributed by atoms with van der Waals surface area (Å²) >= 11 is 0.